The molecule has 0 saturated carbocycles. The molecule has 0 saturated heterocycles. The number of hydrogen-bond donors (Lipinski definition) is 3. The van der Waals surface area contributed by atoms with E-state index in [0.29, 0.717) is 16.8 Å². The summed E-state index contributed by atoms with van der Waals surface area (Å²) in [6.07, 6.45) is 0. The molecule has 0 fully saturated rings. The van der Waals surface area contributed by atoms with E-state index in [9.17, 15) is 5.11 Å². The second kappa shape index (κ2) is 4.63. The third kappa shape index (κ3) is 2.00. The second-order valence-corrected chi connectivity index (χ2v) is 3.65. The Kier molecular flexibility index (Phi) is 3.74. The van der Waals surface area contributed by atoms with Crippen LogP contribution in [0, 0.1) is 0 Å². The van der Waals surface area contributed by atoms with Gasteiger partial charge in [-0.2, -0.15) is 0 Å². The summed E-state index contributed by atoms with van der Waals surface area (Å²) in [5, 5.41) is 9.65. The first-order valence-electron chi connectivity index (χ1n) is 4.12. The summed E-state index contributed by atoms with van der Waals surface area (Å²) in [4.78, 5) is 0. The lowest BCUT2D eigenvalue weighted by atomic mass is 10.1. The zero-order valence-corrected chi connectivity index (χ0v) is 9.41. The van der Waals surface area contributed by atoms with Crippen molar-refractivity contribution in [3.63, 3.8) is 0 Å². The van der Waals surface area contributed by atoms with Crippen LogP contribution in [0.3, 0.4) is 0 Å². The van der Waals surface area contributed by atoms with Crippen LogP contribution in [-0.4, -0.2) is 18.8 Å². The molecule has 0 bridgehead atoms. The van der Waals surface area contributed by atoms with Crippen LogP contribution >= 0.6 is 15.9 Å². The fraction of sp³-hybridized carbons (Fsp3) is 0.333. The maximum atomic E-state index is 9.65. The van der Waals surface area contributed by atoms with Crippen LogP contribution in [0.25, 0.3) is 0 Å². The fourth-order valence-electron chi connectivity index (χ4n) is 1.14. The number of phenolic OH excluding ortho intramolecular Hbond substituents is 1. The molecular formula is C9H13BrN2O2. The van der Waals surface area contributed by atoms with E-state index in [1.807, 2.05) is 0 Å². The molecule has 0 aliphatic carbocycles. The Morgan fingerprint density at radius 1 is 1.57 bits per heavy atom. The molecule has 1 unspecified atom stereocenters. The Hall–Kier alpha value is -0.780. The van der Waals surface area contributed by atoms with Crippen molar-refractivity contribution >= 4 is 15.9 Å². The Morgan fingerprint density at radius 2 is 2.21 bits per heavy atom. The van der Waals surface area contributed by atoms with Crippen molar-refractivity contribution in [2.24, 2.45) is 11.5 Å². The van der Waals surface area contributed by atoms with Crippen molar-refractivity contribution in [2.75, 3.05) is 13.7 Å². The lowest BCUT2D eigenvalue weighted by Gasteiger charge is -2.14. The number of benzene rings is 1. The van der Waals surface area contributed by atoms with Gasteiger partial charge in [-0.1, -0.05) is 6.07 Å². The summed E-state index contributed by atoms with van der Waals surface area (Å²) in [7, 11) is 1.49. The predicted octanol–water partition coefficient (Wildman–Crippen LogP) is 1.12. The van der Waals surface area contributed by atoms with Gasteiger partial charge in [0.2, 0.25) is 0 Å². The summed E-state index contributed by atoms with van der Waals surface area (Å²) in [5.74, 6) is 0.457. The third-order valence-corrected chi connectivity index (χ3v) is 2.82. The van der Waals surface area contributed by atoms with E-state index in [-0.39, 0.29) is 11.8 Å². The van der Waals surface area contributed by atoms with E-state index in [1.54, 1.807) is 12.1 Å². The average Bonchev–Trinajstić information content (AvgIpc) is 2.21. The molecule has 14 heavy (non-hydrogen) atoms. The van der Waals surface area contributed by atoms with E-state index in [2.05, 4.69) is 15.9 Å². The fourth-order valence-corrected chi connectivity index (χ4v) is 1.76. The van der Waals surface area contributed by atoms with Gasteiger partial charge >= 0.3 is 0 Å². The first-order chi connectivity index (χ1) is 6.61. The Labute approximate surface area is 91.0 Å². The van der Waals surface area contributed by atoms with Gasteiger partial charge < -0.3 is 21.3 Å². The predicted molar refractivity (Wildman–Crippen MR) is 58.3 cm³/mol. The molecule has 0 aromatic heterocycles. The molecule has 1 aromatic carbocycles. The van der Waals surface area contributed by atoms with Crippen LogP contribution in [0.4, 0.5) is 0 Å². The number of phenols is 1. The standard InChI is InChI=1S/C9H13BrN2O2/c1-14-7-3-2-5(6(12)4-11)8(10)9(7)13/h2-3,6,13H,4,11-12H2,1H3. The summed E-state index contributed by atoms with van der Waals surface area (Å²) >= 11 is 3.25. The number of nitrogens with two attached hydrogens (primary N) is 2. The van der Waals surface area contributed by atoms with Crippen LogP contribution in [0.15, 0.2) is 16.6 Å². The largest absolute Gasteiger partial charge is 0.503 e. The van der Waals surface area contributed by atoms with Crippen LogP contribution in [0.2, 0.25) is 0 Å². The number of halogens is 1. The normalized spacial score (nSPS) is 12.6. The van der Waals surface area contributed by atoms with Crippen LogP contribution < -0.4 is 16.2 Å². The molecule has 5 N–H and O–H groups in total. The van der Waals surface area contributed by atoms with Gasteiger partial charge in [0.15, 0.2) is 11.5 Å². The van der Waals surface area contributed by atoms with Crippen molar-refractivity contribution in [2.45, 2.75) is 6.04 Å². The molecule has 4 nitrogen and oxygen atoms in total. The second-order valence-electron chi connectivity index (χ2n) is 2.86. The van der Waals surface area contributed by atoms with Gasteiger partial charge in [-0.25, -0.2) is 0 Å². The summed E-state index contributed by atoms with van der Waals surface area (Å²) < 4.78 is 5.48. The van der Waals surface area contributed by atoms with Crippen molar-refractivity contribution in [1.29, 1.82) is 0 Å². The summed E-state index contributed by atoms with van der Waals surface area (Å²) in [6, 6.07) is 3.15. The first kappa shape index (κ1) is 11.3. The number of ether oxygens (including phenoxy) is 1. The minimum absolute atomic E-state index is 0.0499. The molecule has 0 aliphatic heterocycles. The Balaban J connectivity index is 3.17. The van der Waals surface area contributed by atoms with Crippen molar-refractivity contribution in [3.05, 3.63) is 22.2 Å². The molecule has 5 heteroatoms. The zero-order valence-electron chi connectivity index (χ0n) is 7.83. The molecule has 1 aromatic rings. The van der Waals surface area contributed by atoms with Gasteiger partial charge in [-0.3, -0.25) is 0 Å². The molecule has 0 radical (unpaired) electrons. The molecule has 0 aliphatic rings. The quantitative estimate of drug-likeness (QED) is 0.761. The van der Waals surface area contributed by atoms with Crippen LogP contribution in [-0.2, 0) is 0 Å². The van der Waals surface area contributed by atoms with Crippen molar-refractivity contribution in [1.82, 2.24) is 0 Å². The van der Waals surface area contributed by atoms with E-state index in [4.69, 9.17) is 16.2 Å². The third-order valence-electron chi connectivity index (χ3n) is 1.98. The van der Waals surface area contributed by atoms with Gasteiger partial charge in [0.05, 0.1) is 11.6 Å². The topological polar surface area (TPSA) is 81.5 Å². The van der Waals surface area contributed by atoms with Crippen LogP contribution in [0.1, 0.15) is 11.6 Å². The molecule has 0 spiro atoms. The highest BCUT2D eigenvalue weighted by atomic mass is 79.9. The number of rotatable bonds is 3. The van der Waals surface area contributed by atoms with Crippen LogP contribution in [0.5, 0.6) is 11.5 Å². The maximum absolute atomic E-state index is 9.65. The number of hydrogen-bond acceptors (Lipinski definition) is 4. The van der Waals surface area contributed by atoms with E-state index in [0.717, 1.165) is 5.56 Å². The lowest BCUT2D eigenvalue weighted by molar-refractivity contribution is 0.371. The Bertz CT molecular complexity index is 331. The summed E-state index contributed by atoms with van der Waals surface area (Å²) in [6.45, 7) is 0.324. The first-order valence-corrected chi connectivity index (χ1v) is 4.92. The number of methoxy groups -OCH3 is 1. The molecule has 0 heterocycles. The zero-order chi connectivity index (χ0) is 10.7. The molecule has 1 rings (SSSR count). The average molecular weight is 261 g/mol. The lowest BCUT2D eigenvalue weighted by Crippen LogP contribution is -2.21. The van der Waals surface area contributed by atoms with E-state index in [1.165, 1.54) is 7.11 Å². The highest BCUT2D eigenvalue weighted by Gasteiger charge is 2.14. The molecule has 0 amide bonds. The minimum atomic E-state index is -0.291. The summed E-state index contributed by atoms with van der Waals surface area (Å²) in [5.41, 5.74) is 12.0. The SMILES string of the molecule is COc1ccc(C(N)CN)c(Br)c1O. The van der Waals surface area contributed by atoms with E-state index < -0.39 is 0 Å². The Morgan fingerprint density at radius 3 is 2.71 bits per heavy atom. The maximum Gasteiger partial charge on any atom is 0.172 e. The van der Waals surface area contributed by atoms with Gasteiger partial charge in [-0.15, -0.1) is 0 Å². The van der Waals surface area contributed by atoms with Gasteiger partial charge in [0, 0.05) is 12.6 Å². The van der Waals surface area contributed by atoms with Crippen molar-refractivity contribution < 1.29 is 9.84 Å². The number of aromatic hydroxyl groups is 1. The molecular weight excluding hydrogens is 248 g/mol. The monoisotopic (exact) mass is 260 g/mol. The smallest absolute Gasteiger partial charge is 0.172 e. The molecule has 1 atom stereocenters. The highest BCUT2D eigenvalue weighted by molar-refractivity contribution is 9.10. The molecule has 78 valence electrons. The van der Waals surface area contributed by atoms with Gasteiger partial charge in [-0.05, 0) is 27.6 Å². The van der Waals surface area contributed by atoms with Gasteiger partial charge in [0.25, 0.3) is 0 Å². The van der Waals surface area contributed by atoms with Crippen molar-refractivity contribution in [3.8, 4) is 11.5 Å². The van der Waals surface area contributed by atoms with E-state index >= 15 is 0 Å². The van der Waals surface area contributed by atoms with Gasteiger partial charge in [0.1, 0.15) is 0 Å². The minimum Gasteiger partial charge on any atom is -0.503 e. The highest BCUT2D eigenvalue weighted by Crippen LogP contribution is 2.38.